The van der Waals surface area contributed by atoms with Crippen LogP contribution in [0.15, 0.2) is 23.1 Å². The molecule has 0 aromatic heterocycles. The maximum absolute atomic E-state index is 6.00. The van der Waals surface area contributed by atoms with Gasteiger partial charge in [-0.25, -0.2) is 0 Å². The number of benzene rings is 1. The summed E-state index contributed by atoms with van der Waals surface area (Å²) in [6, 6.07) is 6.00. The summed E-state index contributed by atoms with van der Waals surface area (Å²) in [6.45, 7) is 1.95. The van der Waals surface area contributed by atoms with Crippen LogP contribution in [0.5, 0.6) is 0 Å². The van der Waals surface area contributed by atoms with Gasteiger partial charge in [-0.05, 0) is 30.9 Å². The van der Waals surface area contributed by atoms with Crippen molar-refractivity contribution in [1.29, 1.82) is 0 Å². The summed E-state index contributed by atoms with van der Waals surface area (Å²) >= 11 is 7.64. The number of rotatable bonds is 2. The Kier molecular flexibility index (Phi) is 3.44. The number of nitrogens with two attached hydrogens (primary N) is 1. The van der Waals surface area contributed by atoms with Crippen LogP contribution in [0.2, 0.25) is 5.02 Å². The molecule has 0 aliphatic carbocycles. The third-order valence-electron chi connectivity index (χ3n) is 1.70. The molecular formula is C9H12ClNS. The second-order valence-electron chi connectivity index (χ2n) is 2.68. The SMILES string of the molecule is CSc1ccc([C@H](C)N)cc1Cl. The van der Waals surface area contributed by atoms with E-state index in [9.17, 15) is 0 Å². The fraction of sp³-hybridized carbons (Fsp3) is 0.333. The molecule has 0 heterocycles. The fourth-order valence-electron chi connectivity index (χ4n) is 0.966. The Hall–Kier alpha value is -0.180. The van der Waals surface area contributed by atoms with Gasteiger partial charge in [0.2, 0.25) is 0 Å². The maximum Gasteiger partial charge on any atom is 0.0545 e. The zero-order chi connectivity index (χ0) is 9.14. The van der Waals surface area contributed by atoms with E-state index in [1.807, 2.05) is 31.4 Å². The first-order valence-electron chi connectivity index (χ1n) is 3.74. The van der Waals surface area contributed by atoms with Crippen LogP contribution in [-0.2, 0) is 0 Å². The lowest BCUT2D eigenvalue weighted by Crippen LogP contribution is -2.04. The smallest absolute Gasteiger partial charge is 0.0545 e. The molecule has 0 saturated carbocycles. The maximum atomic E-state index is 6.00. The lowest BCUT2D eigenvalue weighted by molar-refractivity contribution is 0.817. The molecule has 1 aromatic rings. The number of hydrogen-bond donors (Lipinski definition) is 1. The molecule has 0 amide bonds. The van der Waals surface area contributed by atoms with Gasteiger partial charge in [0.05, 0.1) is 5.02 Å². The van der Waals surface area contributed by atoms with Crippen molar-refractivity contribution in [3.63, 3.8) is 0 Å². The van der Waals surface area contributed by atoms with E-state index in [0.717, 1.165) is 15.5 Å². The van der Waals surface area contributed by atoms with Gasteiger partial charge in [0.25, 0.3) is 0 Å². The highest BCUT2D eigenvalue weighted by Crippen LogP contribution is 2.27. The molecule has 1 aromatic carbocycles. The van der Waals surface area contributed by atoms with Gasteiger partial charge in [-0.3, -0.25) is 0 Å². The molecule has 0 saturated heterocycles. The van der Waals surface area contributed by atoms with Crippen LogP contribution in [0.25, 0.3) is 0 Å². The van der Waals surface area contributed by atoms with Crippen LogP contribution in [0.4, 0.5) is 0 Å². The molecule has 1 nitrogen and oxygen atoms in total. The lowest BCUT2D eigenvalue weighted by Gasteiger charge is -2.07. The Labute approximate surface area is 82.3 Å². The molecule has 1 atom stereocenters. The molecule has 0 radical (unpaired) electrons. The van der Waals surface area contributed by atoms with E-state index < -0.39 is 0 Å². The number of hydrogen-bond acceptors (Lipinski definition) is 2. The van der Waals surface area contributed by atoms with Crippen LogP contribution in [0.1, 0.15) is 18.5 Å². The molecule has 1 rings (SSSR count). The average Bonchev–Trinajstić information content (AvgIpc) is 2.04. The molecule has 0 spiro atoms. The van der Waals surface area contributed by atoms with Crippen LogP contribution in [-0.4, -0.2) is 6.26 Å². The van der Waals surface area contributed by atoms with Gasteiger partial charge in [-0.15, -0.1) is 11.8 Å². The van der Waals surface area contributed by atoms with E-state index in [-0.39, 0.29) is 6.04 Å². The van der Waals surface area contributed by atoms with Crippen molar-refractivity contribution >= 4 is 23.4 Å². The highest BCUT2D eigenvalue weighted by atomic mass is 35.5. The topological polar surface area (TPSA) is 26.0 Å². The zero-order valence-electron chi connectivity index (χ0n) is 7.17. The van der Waals surface area contributed by atoms with Gasteiger partial charge in [-0.2, -0.15) is 0 Å². The third-order valence-corrected chi connectivity index (χ3v) is 2.92. The summed E-state index contributed by atoms with van der Waals surface area (Å²) in [6.07, 6.45) is 2.01. The monoisotopic (exact) mass is 201 g/mol. The quantitative estimate of drug-likeness (QED) is 0.745. The molecule has 0 fully saturated rings. The molecule has 3 heteroatoms. The van der Waals surface area contributed by atoms with Crippen molar-refractivity contribution < 1.29 is 0 Å². The Morgan fingerprint density at radius 3 is 2.58 bits per heavy atom. The Morgan fingerprint density at radius 1 is 1.50 bits per heavy atom. The molecule has 12 heavy (non-hydrogen) atoms. The summed E-state index contributed by atoms with van der Waals surface area (Å²) < 4.78 is 0. The summed E-state index contributed by atoms with van der Waals surface area (Å²) in [4.78, 5) is 1.10. The van der Waals surface area contributed by atoms with Gasteiger partial charge >= 0.3 is 0 Å². The minimum Gasteiger partial charge on any atom is -0.324 e. The minimum absolute atomic E-state index is 0.0541. The first-order chi connectivity index (χ1) is 5.65. The van der Waals surface area contributed by atoms with E-state index in [1.165, 1.54) is 0 Å². The van der Waals surface area contributed by atoms with E-state index in [2.05, 4.69) is 0 Å². The standard InChI is InChI=1S/C9H12ClNS/c1-6(11)7-3-4-9(12-2)8(10)5-7/h3-6H,11H2,1-2H3/t6-/m0/s1. The molecule has 0 aliphatic heterocycles. The van der Waals surface area contributed by atoms with Gasteiger partial charge in [0, 0.05) is 10.9 Å². The number of halogens is 1. The average molecular weight is 202 g/mol. The second kappa shape index (κ2) is 4.17. The van der Waals surface area contributed by atoms with Crippen molar-refractivity contribution in [3.8, 4) is 0 Å². The van der Waals surface area contributed by atoms with Crippen LogP contribution < -0.4 is 5.73 Å². The second-order valence-corrected chi connectivity index (χ2v) is 3.94. The van der Waals surface area contributed by atoms with Crippen molar-refractivity contribution in [2.75, 3.05) is 6.26 Å². The van der Waals surface area contributed by atoms with Gasteiger partial charge in [0.1, 0.15) is 0 Å². The molecule has 0 unspecified atom stereocenters. The molecule has 66 valence electrons. The summed E-state index contributed by atoms with van der Waals surface area (Å²) in [5.41, 5.74) is 6.79. The van der Waals surface area contributed by atoms with Crippen molar-refractivity contribution in [2.45, 2.75) is 17.9 Å². The van der Waals surface area contributed by atoms with Gasteiger partial charge < -0.3 is 5.73 Å². The minimum atomic E-state index is 0.0541. The summed E-state index contributed by atoms with van der Waals surface area (Å²) in [5.74, 6) is 0. The number of thioether (sulfide) groups is 1. The predicted octanol–water partition coefficient (Wildman–Crippen LogP) is 3.08. The fourth-order valence-corrected chi connectivity index (χ4v) is 1.84. The predicted molar refractivity (Wildman–Crippen MR) is 55.8 cm³/mol. The third kappa shape index (κ3) is 2.16. The van der Waals surface area contributed by atoms with Crippen molar-refractivity contribution in [3.05, 3.63) is 28.8 Å². The Morgan fingerprint density at radius 2 is 2.17 bits per heavy atom. The van der Waals surface area contributed by atoms with Crippen molar-refractivity contribution in [1.82, 2.24) is 0 Å². The largest absolute Gasteiger partial charge is 0.324 e. The van der Waals surface area contributed by atoms with E-state index >= 15 is 0 Å². The molecular weight excluding hydrogens is 190 g/mol. The van der Waals surface area contributed by atoms with Gasteiger partial charge in [0.15, 0.2) is 0 Å². The molecule has 0 aliphatic rings. The highest BCUT2D eigenvalue weighted by Gasteiger charge is 2.03. The summed E-state index contributed by atoms with van der Waals surface area (Å²) in [5, 5.41) is 0.789. The molecule has 0 bridgehead atoms. The van der Waals surface area contributed by atoms with Crippen LogP contribution >= 0.6 is 23.4 Å². The van der Waals surface area contributed by atoms with E-state index in [1.54, 1.807) is 11.8 Å². The van der Waals surface area contributed by atoms with E-state index in [4.69, 9.17) is 17.3 Å². The highest BCUT2D eigenvalue weighted by molar-refractivity contribution is 7.98. The molecule has 2 N–H and O–H groups in total. The lowest BCUT2D eigenvalue weighted by atomic mass is 10.1. The Balaban J connectivity index is 3.02. The van der Waals surface area contributed by atoms with Crippen LogP contribution in [0.3, 0.4) is 0 Å². The zero-order valence-corrected chi connectivity index (χ0v) is 8.75. The first kappa shape index (κ1) is 9.90. The van der Waals surface area contributed by atoms with Crippen molar-refractivity contribution in [2.24, 2.45) is 5.73 Å². The summed E-state index contributed by atoms with van der Waals surface area (Å²) in [7, 11) is 0. The van der Waals surface area contributed by atoms with Crippen LogP contribution in [0, 0.1) is 0 Å². The van der Waals surface area contributed by atoms with Gasteiger partial charge in [-0.1, -0.05) is 17.7 Å². The normalized spacial score (nSPS) is 13.0. The first-order valence-corrected chi connectivity index (χ1v) is 5.34. The Bertz CT molecular complexity index is 273. The van der Waals surface area contributed by atoms with E-state index in [0.29, 0.717) is 0 Å².